The number of nitrogens with one attached hydrogen (secondary N) is 5. The second-order valence-corrected chi connectivity index (χ2v) is 26.5. The Kier molecular flexibility index (Phi) is 45.2. The summed E-state index contributed by atoms with van der Waals surface area (Å²) in [4.78, 5) is 125. The van der Waals surface area contributed by atoms with Crippen molar-refractivity contribution in [3.8, 4) is 0 Å². The van der Waals surface area contributed by atoms with E-state index in [-0.39, 0.29) is 152 Å². The lowest BCUT2D eigenvalue weighted by Crippen LogP contribution is -2.28. The lowest BCUT2D eigenvalue weighted by Gasteiger charge is -2.17. The summed E-state index contributed by atoms with van der Waals surface area (Å²) < 4.78 is 0. The molecule has 0 saturated carbocycles. The molecular weight excluding hydrogens is 1400 g/mol. The molecule has 6 unspecified atom stereocenters. The third-order valence-corrected chi connectivity index (χ3v) is 17.1. The Hall–Kier alpha value is -11.9. The van der Waals surface area contributed by atoms with Crippen molar-refractivity contribution in [2.24, 2.45) is 33.0 Å². The first kappa shape index (κ1) is 99.1. The molecule has 111 heavy (non-hydrogen) atoms. The van der Waals surface area contributed by atoms with E-state index in [2.05, 4.69) is 99.0 Å². The van der Waals surface area contributed by atoms with E-state index in [1.54, 1.807) is 72.8 Å². The monoisotopic (exact) mass is 1510 g/mol. The number of anilines is 6. The van der Waals surface area contributed by atoms with Gasteiger partial charge in [0.1, 0.15) is 28.9 Å². The number of hydrogen-bond acceptors (Lipinski definition) is 15. The highest BCUT2D eigenvalue weighted by atomic mass is 16.3. The highest BCUT2D eigenvalue weighted by Gasteiger charge is 2.23. The standard InChI is InChI=1S/C52H56N6O6.C19H23NO.C14H16N2O4.6CH4/c1-33(41-13-9-7-10-14-41)29-35(3)47(61)31-39-17-23-46(24-18-39)57-58-49(38(6)60)52(64)56-45-27-25-44(26-28-45)55-51(63)48(37(5)59)53-32-40-19-21-43(22-20-40)54-50(62)36(4)30-34(2)42-15-11-8-12-16-42;1-14(17-6-4-3-5-7-17)12-15(2)19(21)13-16-8-10-18(20)11-9-16;1-9(17)7-13(19)15-11-3-5-12(6-4-11)16-14(20)8-10(2)18;;;;;;/h7-28,33-36,60H,29-32H2,1-6H3,(H,54,62)(H,55,63)(H,56,64);3-11,14-15H,12-13,20H2,1-2H3;3-6H,7-8H2,1-2H3,(H,15,19)(H,16,20);6*1H4. The number of aliphatic imine (C=N–C) groups is 1. The van der Waals surface area contributed by atoms with Crippen LogP contribution in [0.4, 0.5) is 39.8 Å². The van der Waals surface area contributed by atoms with Gasteiger partial charge in [0.2, 0.25) is 17.7 Å². The third kappa shape index (κ3) is 35.3. The van der Waals surface area contributed by atoms with Gasteiger partial charge in [-0.15, -0.1) is 5.11 Å². The Balaban J connectivity index is 0.00000210. The minimum atomic E-state index is -0.717. The Morgan fingerprint density at radius 3 is 1.07 bits per heavy atom. The van der Waals surface area contributed by atoms with Crippen LogP contribution in [-0.4, -0.2) is 69.3 Å². The highest BCUT2D eigenvalue weighted by molar-refractivity contribution is 6.67. The maximum absolute atomic E-state index is 13.1. The van der Waals surface area contributed by atoms with Gasteiger partial charge in [-0.2, -0.15) is 5.11 Å². The van der Waals surface area contributed by atoms with Gasteiger partial charge in [0.05, 0.1) is 25.1 Å². The largest absolute Gasteiger partial charge is 0.510 e. The number of carbonyl (C=O) groups is 10. The summed E-state index contributed by atoms with van der Waals surface area (Å²) in [6.45, 7) is 17.6. The number of Topliss-reactive ketones (excluding diaryl/α,β-unsaturated/α-hetero) is 5. The van der Waals surface area contributed by atoms with Crippen molar-refractivity contribution in [3.63, 3.8) is 0 Å². The SMILES string of the molecule is C.C.C.C.C.C.CC(=O)C(=NCc1ccc(NC(=O)C(C)CC(C)c2ccccc2)cc1)C(=O)Nc1ccc(NC(=O)C(N=Nc2ccc(CC(=O)C(C)CC(C)c3ccccc3)cc2)=C(C)O)cc1.CC(=O)CC(=O)Nc1ccc(NC(=O)CC(C)=O)cc1.CC(CC(C)c1ccccc1)C(=O)Cc1ccc(N)cc1. The van der Waals surface area contributed by atoms with E-state index in [0.29, 0.717) is 58.7 Å². The lowest BCUT2D eigenvalue weighted by atomic mass is 9.87. The minimum absolute atomic E-state index is 0. The van der Waals surface area contributed by atoms with Crippen molar-refractivity contribution in [1.82, 2.24) is 0 Å². The van der Waals surface area contributed by atoms with Crippen LogP contribution < -0.4 is 32.3 Å². The van der Waals surface area contributed by atoms with E-state index in [1.807, 2.05) is 99.6 Å². The van der Waals surface area contributed by atoms with Crippen LogP contribution in [0.2, 0.25) is 0 Å². The molecule has 0 aliphatic heterocycles. The van der Waals surface area contributed by atoms with Crippen LogP contribution in [-0.2, 0) is 67.3 Å². The van der Waals surface area contributed by atoms with Crippen LogP contribution in [0.15, 0.2) is 239 Å². The molecule has 0 saturated heterocycles. The predicted octanol–water partition coefficient (Wildman–Crippen LogP) is 20.6. The number of hydrogen-bond donors (Lipinski definition) is 7. The second-order valence-electron chi connectivity index (χ2n) is 26.5. The van der Waals surface area contributed by atoms with E-state index < -0.39 is 17.6 Å². The zero-order valence-corrected chi connectivity index (χ0v) is 61.3. The van der Waals surface area contributed by atoms with Gasteiger partial charge >= 0.3 is 0 Å². The first-order valence-corrected chi connectivity index (χ1v) is 34.9. The Morgan fingerprint density at radius 1 is 0.387 bits per heavy atom. The van der Waals surface area contributed by atoms with Gasteiger partial charge in [0, 0.05) is 71.6 Å². The molecule has 0 radical (unpaired) electrons. The molecule has 5 amide bonds. The normalized spacial score (nSPS) is 12.3. The molecule has 0 fully saturated rings. The van der Waals surface area contributed by atoms with E-state index in [4.69, 9.17) is 5.73 Å². The number of rotatable bonds is 32. The smallest absolute Gasteiger partial charge is 0.279 e. The number of amides is 5. The van der Waals surface area contributed by atoms with Gasteiger partial charge in [-0.3, -0.25) is 52.9 Å². The number of nitrogen functional groups attached to an aromatic ring is 1. The van der Waals surface area contributed by atoms with Gasteiger partial charge in [-0.05, 0) is 176 Å². The molecule has 20 heteroatoms. The van der Waals surface area contributed by atoms with E-state index in [9.17, 15) is 53.1 Å². The number of allylic oxidation sites excluding steroid dienone is 1. The molecule has 6 atom stereocenters. The van der Waals surface area contributed by atoms with Crippen molar-refractivity contribution >= 4 is 104 Å². The van der Waals surface area contributed by atoms with Gasteiger partial charge in [0.15, 0.2) is 17.2 Å². The molecule has 594 valence electrons. The first-order chi connectivity index (χ1) is 50.1. The fourth-order valence-electron chi connectivity index (χ4n) is 11.2. The lowest BCUT2D eigenvalue weighted by molar-refractivity contribution is -0.125. The van der Waals surface area contributed by atoms with Gasteiger partial charge in [-0.25, -0.2) is 0 Å². The zero-order chi connectivity index (χ0) is 76.5. The number of nitrogens with zero attached hydrogens (tertiary/aromatic N) is 3. The summed E-state index contributed by atoms with van der Waals surface area (Å²) in [7, 11) is 0. The number of aliphatic hydroxyl groups excluding tert-OH is 1. The summed E-state index contributed by atoms with van der Waals surface area (Å²) >= 11 is 0. The second kappa shape index (κ2) is 50.7. The molecule has 0 aliphatic carbocycles. The maximum Gasteiger partial charge on any atom is 0.279 e. The first-order valence-electron chi connectivity index (χ1n) is 34.9. The molecular formula is C91H119N9O11. The average Bonchev–Trinajstić information content (AvgIpc) is 0.950. The quantitative estimate of drug-likeness (QED) is 0.00517. The molecule has 8 rings (SSSR count). The van der Waals surface area contributed by atoms with Gasteiger partial charge in [0.25, 0.3) is 11.8 Å². The number of carbonyl (C=O) groups excluding carboxylic acids is 10. The topological polar surface area (TPSA) is 314 Å². The minimum Gasteiger partial charge on any atom is -0.510 e. The molecule has 0 aromatic heterocycles. The van der Waals surface area contributed by atoms with Crippen LogP contribution >= 0.6 is 0 Å². The Morgan fingerprint density at radius 2 is 0.712 bits per heavy atom. The maximum atomic E-state index is 13.1. The van der Waals surface area contributed by atoms with Gasteiger partial charge < -0.3 is 37.4 Å². The Bertz CT molecular complexity index is 4280. The van der Waals surface area contributed by atoms with E-state index in [1.165, 1.54) is 68.7 Å². The average molecular weight is 1520 g/mol. The van der Waals surface area contributed by atoms with Crippen LogP contribution in [0.3, 0.4) is 0 Å². The van der Waals surface area contributed by atoms with Crippen molar-refractivity contribution in [2.45, 2.75) is 183 Å². The molecule has 8 N–H and O–H groups in total. The Labute approximate surface area is 659 Å². The van der Waals surface area contributed by atoms with E-state index >= 15 is 0 Å². The van der Waals surface area contributed by atoms with Crippen LogP contribution in [0.25, 0.3) is 0 Å². The zero-order valence-electron chi connectivity index (χ0n) is 61.3. The van der Waals surface area contributed by atoms with Crippen molar-refractivity contribution < 1.29 is 53.1 Å². The fraction of sp³-hybridized carbons (Fsp3) is 0.330. The molecule has 8 aromatic rings. The number of nitrogens with two attached hydrogens (primary N) is 1. The summed E-state index contributed by atoms with van der Waals surface area (Å²) in [6.07, 6.45) is 2.78. The van der Waals surface area contributed by atoms with Gasteiger partial charge in [-0.1, -0.05) is 213 Å². The molecule has 20 nitrogen and oxygen atoms in total. The van der Waals surface area contributed by atoms with Crippen LogP contribution in [0, 0.1) is 17.8 Å². The number of benzene rings is 8. The number of ketones is 5. The third-order valence-electron chi connectivity index (χ3n) is 17.1. The number of aliphatic hydroxyl groups is 1. The van der Waals surface area contributed by atoms with Crippen molar-refractivity contribution in [2.75, 3.05) is 32.3 Å². The summed E-state index contributed by atoms with van der Waals surface area (Å²) in [5.74, 6) is -2.46. The molecule has 0 aliphatic rings. The van der Waals surface area contributed by atoms with Crippen LogP contribution in [0.5, 0.6) is 0 Å². The van der Waals surface area contributed by atoms with Crippen molar-refractivity contribution in [3.05, 3.63) is 257 Å². The molecule has 8 aromatic carbocycles. The summed E-state index contributed by atoms with van der Waals surface area (Å²) in [6, 6.07) is 64.7. The molecule has 0 spiro atoms. The fourth-order valence-corrected chi connectivity index (χ4v) is 11.2. The number of azo groups is 1. The van der Waals surface area contributed by atoms with E-state index in [0.717, 1.165) is 35.2 Å². The van der Waals surface area contributed by atoms with Crippen molar-refractivity contribution in [1.29, 1.82) is 0 Å². The predicted molar refractivity (Wildman–Crippen MR) is 456 cm³/mol. The molecule has 0 heterocycles. The summed E-state index contributed by atoms with van der Waals surface area (Å²) in [5.41, 5.74) is 14.9. The highest BCUT2D eigenvalue weighted by Crippen LogP contribution is 2.29. The summed E-state index contributed by atoms with van der Waals surface area (Å²) in [5, 5.41) is 31.8. The molecule has 0 bridgehead atoms. The van der Waals surface area contributed by atoms with Crippen LogP contribution in [0.1, 0.15) is 197 Å².